The predicted octanol–water partition coefficient (Wildman–Crippen LogP) is 2.56. The molecule has 1 heterocycles. The normalized spacial score (nSPS) is 12.4. The van der Waals surface area contributed by atoms with Crippen molar-refractivity contribution in [2.75, 3.05) is 6.61 Å². The molecule has 0 aliphatic heterocycles. The summed E-state index contributed by atoms with van der Waals surface area (Å²) in [7, 11) is 0. The van der Waals surface area contributed by atoms with Crippen LogP contribution in [-0.2, 0) is 11.3 Å². The van der Waals surface area contributed by atoms with E-state index in [2.05, 4.69) is 14.1 Å². The first-order valence-corrected chi connectivity index (χ1v) is 5.49. The third-order valence-electron chi connectivity index (χ3n) is 1.29. The first-order valence-electron chi connectivity index (χ1n) is 3.63. The molecule has 0 amide bonds. The molecule has 0 radical (unpaired) electrons. The Labute approximate surface area is 100 Å². The molecule has 86 valence electrons. The smallest absolute Gasteiger partial charge is 0.330 e. The summed E-state index contributed by atoms with van der Waals surface area (Å²) in [6.45, 7) is -1.62. The van der Waals surface area contributed by atoms with Crippen LogP contribution in [0.4, 0.5) is 17.6 Å². The van der Waals surface area contributed by atoms with Gasteiger partial charge >= 0.3 is 12.3 Å². The zero-order valence-corrected chi connectivity index (χ0v) is 10.1. The number of ether oxygens (including phenoxy) is 1. The van der Waals surface area contributed by atoms with Crippen LogP contribution < -0.4 is 0 Å². The number of rotatable bonds is 5. The van der Waals surface area contributed by atoms with Crippen LogP contribution in [0.25, 0.3) is 0 Å². The molecule has 0 atom stereocenters. The summed E-state index contributed by atoms with van der Waals surface area (Å²) < 4.78 is 56.8. The van der Waals surface area contributed by atoms with Crippen molar-refractivity contribution >= 4 is 34.1 Å². The zero-order chi connectivity index (χ0) is 11.5. The lowest BCUT2D eigenvalue weighted by atomic mass is 10.4. The van der Waals surface area contributed by atoms with E-state index in [0.29, 0.717) is 3.01 Å². The van der Waals surface area contributed by atoms with Crippen molar-refractivity contribution in [2.45, 2.75) is 19.0 Å². The van der Waals surface area contributed by atoms with Crippen molar-refractivity contribution in [3.63, 3.8) is 0 Å². The van der Waals surface area contributed by atoms with Crippen molar-refractivity contribution in [3.05, 3.63) is 8.84 Å². The van der Waals surface area contributed by atoms with Crippen molar-refractivity contribution < 1.29 is 22.3 Å². The molecule has 0 bridgehead atoms. The molecule has 0 N–H and O–H groups in total. The molecule has 3 nitrogen and oxygen atoms in total. The van der Waals surface area contributed by atoms with Gasteiger partial charge in [0.15, 0.2) is 8.84 Å². The Bertz CT molecular complexity index is 322. The fraction of sp³-hybridized carbons (Fsp3) is 0.667. The Morgan fingerprint density at radius 1 is 1.47 bits per heavy atom. The summed E-state index contributed by atoms with van der Waals surface area (Å²) in [5, 5.41) is 0. The molecular formula is C6H5F4IN2OS. The largest absolute Gasteiger partial charge is 0.367 e. The van der Waals surface area contributed by atoms with Gasteiger partial charge in [-0.25, -0.2) is 13.8 Å². The van der Waals surface area contributed by atoms with Crippen LogP contribution in [0.2, 0.25) is 0 Å². The van der Waals surface area contributed by atoms with E-state index in [-0.39, 0.29) is 12.4 Å². The number of halogens is 5. The highest BCUT2D eigenvalue weighted by Crippen LogP contribution is 2.23. The Hall–Kier alpha value is -0.0300. The van der Waals surface area contributed by atoms with Gasteiger partial charge in [-0.05, 0) is 34.1 Å². The van der Waals surface area contributed by atoms with E-state index in [1.54, 1.807) is 0 Å². The van der Waals surface area contributed by atoms with Gasteiger partial charge < -0.3 is 4.74 Å². The van der Waals surface area contributed by atoms with Crippen LogP contribution in [0.15, 0.2) is 0 Å². The maximum Gasteiger partial charge on any atom is 0.330 e. The minimum Gasteiger partial charge on any atom is -0.367 e. The Kier molecular flexibility index (Phi) is 4.64. The monoisotopic (exact) mass is 356 g/mol. The predicted molar refractivity (Wildman–Crippen MR) is 53.2 cm³/mol. The first kappa shape index (κ1) is 13.0. The van der Waals surface area contributed by atoms with Crippen LogP contribution in [0.3, 0.4) is 0 Å². The van der Waals surface area contributed by atoms with Gasteiger partial charge in [0.2, 0.25) is 0 Å². The molecule has 0 fully saturated rings. The van der Waals surface area contributed by atoms with E-state index in [9.17, 15) is 17.6 Å². The van der Waals surface area contributed by atoms with Gasteiger partial charge in [0.25, 0.3) is 0 Å². The van der Waals surface area contributed by atoms with Gasteiger partial charge in [0.1, 0.15) is 13.2 Å². The van der Waals surface area contributed by atoms with Gasteiger partial charge in [-0.3, -0.25) is 0 Å². The molecule has 15 heavy (non-hydrogen) atoms. The zero-order valence-electron chi connectivity index (χ0n) is 7.09. The molecule has 1 aromatic heterocycles. The molecule has 0 unspecified atom stereocenters. The summed E-state index contributed by atoms with van der Waals surface area (Å²) in [5.41, 5.74) is 0. The van der Waals surface area contributed by atoms with E-state index in [1.165, 1.54) is 0 Å². The quantitative estimate of drug-likeness (QED) is 0.601. The van der Waals surface area contributed by atoms with Gasteiger partial charge in [-0.15, -0.1) is 0 Å². The van der Waals surface area contributed by atoms with Crippen molar-refractivity contribution in [1.29, 1.82) is 0 Å². The van der Waals surface area contributed by atoms with Gasteiger partial charge in [0.05, 0.1) is 0 Å². The van der Waals surface area contributed by atoms with E-state index >= 15 is 0 Å². The van der Waals surface area contributed by atoms with Gasteiger partial charge in [-0.1, -0.05) is 0 Å². The lowest BCUT2D eigenvalue weighted by Gasteiger charge is -2.14. The molecule has 0 saturated heterocycles. The van der Waals surface area contributed by atoms with E-state index < -0.39 is 19.0 Å². The summed E-state index contributed by atoms with van der Waals surface area (Å²) >= 11 is 2.98. The second-order valence-corrected chi connectivity index (χ2v) is 5.02. The van der Waals surface area contributed by atoms with Gasteiger partial charge in [-0.2, -0.15) is 13.2 Å². The number of alkyl halides is 4. The van der Waals surface area contributed by atoms with Gasteiger partial charge in [0, 0.05) is 0 Å². The average Bonchev–Trinajstić information content (AvgIpc) is 2.51. The van der Waals surface area contributed by atoms with Crippen LogP contribution in [0.1, 0.15) is 5.82 Å². The lowest BCUT2D eigenvalue weighted by molar-refractivity contribution is -0.168. The third-order valence-corrected chi connectivity index (χ3v) is 2.66. The maximum atomic E-state index is 12.3. The Morgan fingerprint density at radius 2 is 2.13 bits per heavy atom. The van der Waals surface area contributed by atoms with Crippen molar-refractivity contribution in [3.8, 4) is 0 Å². The molecule has 0 spiro atoms. The van der Waals surface area contributed by atoms with Crippen molar-refractivity contribution in [2.24, 2.45) is 0 Å². The molecule has 9 heteroatoms. The van der Waals surface area contributed by atoms with E-state index in [1.807, 2.05) is 22.6 Å². The molecule has 0 saturated carbocycles. The Morgan fingerprint density at radius 3 is 2.60 bits per heavy atom. The second kappa shape index (κ2) is 5.34. The lowest BCUT2D eigenvalue weighted by Crippen LogP contribution is -2.32. The molecule has 0 aromatic carbocycles. The van der Waals surface area contributed by atoms with Crippen molar-refractivity contribution in [1.82, 2.24) is 9.36 Å². The van der Waals surface area contributed by atoms with Crippen LogP contribution in [0, 0.1) is 3.01 Å². The maximum absolute atomic E-state index is 12.3. The van der Waals surface area contributed by atoms with E-state index in [0.717, 1.165) is 11.5 Å². The molecule has 0 aliphatic carbocycles. The topological polar surface area (TPSA) is 35.0 Å². The second-order valence-electron chi connectivity index (χ2n) is 2.52. The van der Waals surface area contributed by atoms with Crippen LogP contribution in [-0.4, -0.2) is 28.3 Å². The SMILES string of the molecule is FC(F)C(F)(F)COCc1nsc(I)n1. The molecule has 0 aliphatic rings. The average molecular weight is 356 g/mol. The highest BCUT2D eigenvalue weighted by atomic mass is 127. The molecular weight excluding hydrogens is 351 g/mol. The minimum atomic E-state index is -4.12. The Balaban J connectivity index is 2.33. The summed E-state index contributed by atoms with van der Waals surface area (Å²) in [4.78, 5) is 3.81. The fourth-order valence-electron chi connectivity index (χ4n) is 0.633. The van der Waals surface area contributed by atoms with E-state index in [4.69, 9.17) is 0 Å². The molecule has 1 rings (SSSR count). The fourth-order valence-corrected chi connectivity index (χ4v) is 1.63. The molecule has 1 aromatic rings. The highest BCUT2D eigenvalue weighted by molar-refractivity contribution is 14.1. The minimum absolute atomic E-state index is 0.217. The number of hydrogen-bond acceptors (Lipinski definition) is 4. The summed E-state index contributed by atoms with van der Waals surface area (Å²) in [6.07, 6.45) is -3.72. The summed E-state index contributed by atoms with van der Waals surface area (Å²) in [5.74, 6) is -3.90. The standard InChI is InChI=1S/C6H5F4IN2OS/c7-4(8)6(9,10)2-14-1-3-12-5(11)15-13-3/h4H,1-2H2. The van der Waals surface area contributed by atoms with Crippen LogP contribution in [0.5, 0.6) is 0 Å². The van der Waals surface area contributed by atoms with Crippen LogP contribution >= 0.6 is 34.1 Å². The number of hydrogen-bond donors (Lipinski definition) is 0. The number of nitrogens with zero attached hydrogens (tertiary/aromatic N) is 2. The number of aromatic nitrogens is 2. The highest BCUT2D eigenvalue weighted by Gasteiger charge is 2.40. The summed E-state index contributed by atoms with van der Waals surface area (Å²) in [6, 6.07) is 0. The third kappa shape index (κ3) is 4.15. The first-order chi connectivity index (χ1) is 6.92.